The lowest BCUT2D eigenvalue weighted by Crippen LogP contribution is -2.29. The summed E-state index contributed by atoms with van der Waals surface area (Å²) in [5.74, 6) is -1.67. The number of amides is 2. The van der Waals surface area contributed by atoms with Crippen LogP contribution in [0.15, 0.2) is 54.9 Å². The number of fused-ring (bicyclic) bond motifs is 1. The van der Waals surface area contributed by atoms with Gasteiger partial charge in [-0.15, -0.1) is 0 Å². The second-order valence-electron chi connectivity index (χ2n) is 6.37. The lowest BCUT2D eigenvalue weighted by atomic mass is 10.1. The molecule has 0 fully saturated rings. The van der Waals surface area contributed by atoms with Crippen molar-refractivity contribution >= 4 is 11.8 Å². The van der Waals surface area contributed by atoms with Crippen molar-refractivity contribution in [3.63, 3.8) is 0 Å². The summed E-state index contributed by atoms with van der Waals surface area (Å²) >= 11 is 0. The minimum atomic E-state index is -4.63. The molecule has 1 aliphatic heterocycles. The Morgan fingerprint density at radius 3 is 2.10 bits per heavy atom. The zero-order valence-corrected chi connectivity index (χ0v) is 14.6. The number of hydrogen-bond acceptors (Lipinski definition) is 4. The molecule has 0 bridgehead atoms. The van der Waals surface area contributed by atoms with Crippen LogP contribution in [0.4, 0.5) is 17.6 Å². The van der Waals surface area contributed by atoms with Gasteiger partial charge in [-0.1, -0.05) is 12.1 Å². The van der Waals surface area contributed by atoms with Crippen LogP contribution >= 0.6 is 0 Å². The Labute approximate surface area is 161 Å². The Morgan fingerprint density at radius 2 is 1.55 bits per heavy atom. The van der Waals surface area contributed by atoms with Crippen molar-refractivity contribution in [2.24, 2.45) is 0 Å². The number of aromatic nitrogens is 2. The van der Waals surface area contributed by atoms with Gasteiger partial charge in [0.2, 0.25) is 0 Å². The Balaban J connectivity index is 1.63. The highest BCUT2D eigenvalue weighted by atomic mass is 19.4. The lowest BCUT2D eigenvalue weighted by Gasteiger charge is -2.15. The molecule has 0 atom stereocenters. The van der Waals surface area contributed by atoms with Crippen molar-refractivity contribution in [2.45, 2.75) is 12.7 Å². The molecule has 0 radical (unpaired) electrons. The van der Waals surface area contributed by atoms with Crippen LogP contribution in [-0.4, -0.2) is 26.7 Å². The highest BCUT2D eigenvalue weighted by Crippen LogP contribution is 2.29. The smallest absolute Gasteiger partial charge is 0.270 e. The quantitative estimate of drug-likeness (QED) is 0.490. The first kappa shape index (κ1) is 18.7. The van der Waals surface area contributed by atoms with Gasteiger partial charge in [0.1, 0.15) is 5.82 Å². The first-order valence-electron chi connectivity index (χ1n) is 8.38. The van der Waals surface area contributed by atoms with Gasteiger partial charge in [0.05, 0.1) is 35.8 Å². The molecule has 0 aliphatic carbocycles. The zero-order valence-electron chi connectivity index (χ0n) is 14.6. The number of hydrogen-bond donors (Lipinski definition) is 0. The maximum atomic E-state index is 14.1. The van der Waals surface area contributed by atoms with Gasteiger partial charge in [-0.3, -0.25) is 19.5 Å². The maximum Gasteiger partial charge on any atom is 0.434 e. The predicted octanol–water partition coefficient (Wildman–Crippen LogP) is 4.10. The molecule has 2 heterocycles. The summed E-state index contributed by atoms with van der Waals surface area (Å²) in [5, 5.41) is 0. The van der Waals surface area contributed by atoms with E-state index in [4.69, 9.17) is 0 Å². The normalized spacial score (nSPS) is 13.7. The molecule has 0 saturated carbocycles. The molecule has 0 N–H and O–H groups in total. The number of imide groups is 1. The van der Waals surface area contributed by atoms with Gasteiger partial charge in [0, 0.05) is 5.56 Å². The van der Waals surface area contributed by atoms with Gasteiger partial charge < -0.3 is 0 Å². The fraction of sp³-hybridized carbons (Fsp3) is 0.100. The standard InChI is InChI=1S/C20H11F4N3O2/c21-13-6-11(10-27-18(28)14-3-1-2-4-15(14)19(27)29)5-12(7-13)16-8-26-17(9-25-16)20(22,23)24/h1-9H,10H2. The van der Waals surface area contributed by atoms with E-state index in [9.17, 15) is 27.2 Å². The second-order valence-corrected chi connectivity index (χ2v) is 6.37. The number of rotatable bonds is 3. The molecule has 2 amide bonds. The predicted molar refractivity (Wildman–Crippen MR) is 93.1 cm³/mol. The van der Waals surface area contributed by atoms with Crippen LogP contribution in [0.3, 0.4) is 0 Å². The molecule has 0 unspecified atom stereocenters. The zero-order chi connectivity index (χ0) is 20.8. The van der Waals surface area contributed by atoms with Gasteiger partial charge in [0.15, 0.2) is 5.69 Å². The number of benzene rings is 2. The van der Waals surface area contributed by atoms with E-state index in [-0.39, 0.29) is 34.5 Å². The molecule has 1 aromatic heterocycles. The monoisotopic (exact) mass is 401 g/mol. The molecule has 5 nitrogen and oxygen atoms in total. The second kappa shape index (κ2) is 6.77. The van der Waals surface area contributed by atoms with E-state index in [2.05, 4.69) is 9.97 Å². The highest BCUT2D eigenvalue weighted by molar-refractivity contribution is 6.21. The largest absolute Gasteiger partial charge is 0.434 e. The summed E-state index contributed by atoms with van der Waals surface area (Å²) in [5.41, 5.74) is -0.135. The Hall–Kier alpha value is -3.62. The number of nitrogens with zero attached hydrogens (tertiary/aromatic N) is 3. The topological polar surface area (TPSA) is 63.2 Å². The minimum Gasteiger partial charge on any atom is -0.270 e. The molecule has 1 aliphatic rings. The SMILES string of the molecule is O=C1c2ccccc2C(=O)N1Cc1cc(F)cc(-c2cnc(C(F)(F)F)cn2)c1. The van der Waals surface area contributed by atoms with Crippen molar-refractivity contribution in [3.8, 4) is 11.3 Å². The van der Waals surface area contributed by atoms with Crippen LogP contribution in [0.25, 0.3) is 11.3 Å². The van der Waals surface area contributed by atoms with Crippen molar-refractivity contribution < 1.29 is 27.2 Å². The van der Waals surface area contributed by atoms with Crippen LogP contribution in [0.5, 0.6) is 0 Å². The van der Waals surface area contributed by atoms with E-state index >= 15 is 0 Å². The molecular weight excluding hydrogens is 390 g/mol. The van der Waals surface area contributed by atoms with E-state index in [1.54, 1.807) is 12.1 Å². The summed E-state index contributed by atoms with van der Waals surface area (Å²) in [6, 6.07) is 10.0. The van der Waals surface area contributed by atoms with Gasteiger partial charge in [-0.2, -0.15) is 13.2 Å². The van der Waals surface area contributed by atoms with Crippen LogP contribution in [0.2, 0.25) is 0 Å². The van der Waals surface area contributed by atoms with Crippen LogP contribution < -0.4 is 0 Å². The van der Waals surface area contributed by atoms with Crippen LogP contribution in [-0.2, 0) is 12.7 Å². The van der Waals surface area contributed by atoms with E-state index < -0.39 is 29.5 Å². The van der Waals surface area contributed by atoms with E-state index in [0.717, 1.165) is 23.2 Å². The molecule has 2 aromatic carbocycles. The van der Waals surface area contributed by atoms with E-state index in [0.29, 0.717) is 6.20 Å². The van der Waals surface area contributed by atoms with Crippen molar-refractivity contribution in [1.29, 1.82) is 0 Å². The van der Waals surface area contributed by atoms with Crippen molar-refractivity contribution in [2.75, 3.05) is 0 Å². The fourth-order valence-corrected chi connectivity index (χ4v) is 3.08. The number of alkyl halides is 3. The third-order valence-electron chi connectivity index (χ3n) is 4.41. The summed E-state index contributed by atoms with van der Waals surface area (Å²) in [7, 11) is 0. The van der Waals surface area contributed by atoms with Crippen LogP contribution in [0.1, 0.15) is 32.0 Å². The molecule has 0 spiro atoms. The highest BCUT2D eigenvalue weighted by Gasteiger charge is 2.35. The Morgan fingerprint density at radius 1 is 0.897 bits per heavy atom. The molecule has 0 saturated heterocycles. The van der Waals surface area contributed by atoms with Gasteiger partial charge in [-0.25, -0.2) is 9.37 Å². The average molecular weight is 401 g/mol. The molecule has 4 rings (SSSR count). The number of halogens is 4. The van der Waals surface area contributed by atoms with Crippen LogP contribution in [0, 0.1) is 5.82 Å². The fourth-order valence-electron chi connectivity index (χ4n) is 3.08. The first-order valence-corrected chi connectivity index (χ1v) is 8.38. The Bertz CT molecular complexity index is 1090. The lowest BCUT2D eigenvalue weighted by molar-refractivity contribution is -0.141. The minimum absolute atomic E-state index is 0.0288. The molecule has 29 heavy (non-hydrogen) atoms. The summed E-state index contributed by atoms with van der Waals surface area (Å²) in [6.45, 7) is -0.189. The molecule has 9 heteroatoms. The van der Waals surface area contributed by atoms with E-state index in [1.165, 1.54) is 18.2 Å². The first-order chi connectivity index (χ1) is 13.7. The summed E-state index contributed by atoms with van der Waals surface area (Å²) in [6.07, 6.45) is -3.18. The molecule has 3 aromatic rings. The maximum absolute atomic E-state index is 14.1. The van der Waals surface area contributed by atoms with Gasteiger partial charge >= 0.3 is 6.18 Å². The number of carbonyl (C=O) groups excluding carboxylic acids is 2. The van der Waals surface area contributed by atoms with Gasteiger partial charge in [-0.05, 0) is 35.9 Å². The average Bonchev–Trinajstić information content (AvgIpc) is 2.92. The molecular formula is C20H11F4N3O2. The number of carbonyl (C=O) groups is 2. The third-order valence-corrected chi connectivity index (χ3v) is 4.41. The Kier molecular flexibility index (Phi) is 4.37. The van der Waals surface area contributed by atoms with Crippen molar-refractivity contribution in [3.05, 3.63) is 83.1 Å². The third kappa shape index (κ3) is 3.46. The van der Waals surface area contributed by atoms with Crippen molar-refractivity contribution in [1.82, 2.24) is 14.9 Å². The van der Waals surface area contributed by atoms with Gasteiger partial charge in [0.25, 0.3) is 11.8 Å². The van der Waals surface area contributed by atoms with E-state index in [1.807, 2.05) is 0 Å². The summed E-state index contributed by atoms with van der Waals surface area (Å²) in [4.78, 5) is 32.9. The summed E-state index contributed by atoms with van der Waals surface area (Å²) < 4.78 is 52.0. The molecule has 146 valence electrons.